The highest BCUT2D eigenvalue weighted by molar-refractivity contribution is 9.11. The average molecular weight is 279 g/mol. The molecule has 4 heteroatoms. The zero-order chi connectivity index (χ0) is 9.31. The van der Waals surface area contributed by atoms with E-state index in [1.807, 2.05) is 17.8 Å². The topological polar surface area (TPSA) is 20.2 Å². The summed E-state index contributed by atoms with van der Waals surface area (Å²) >= 11 is 7.00. The molecule has 2 heterocycles. The van der Waals surface area contributed by atoms with E-state index < -0.39 is 5.60 Å². The smallest absolute Gasteiger partial charge is 0.0793 e. The van der Waals surface area contributed by atoms with Crippen molar-refractivity contribution in [2.24, 2.45) is 0 Å². The third-order valence-corrected chi connectivity index (χ3v) is 5.07. The Kier molecular flexibility index (Phi) is 3.03. The Morgan fingerprint density at radius 1 is 1.54 bits per heavy atom. The molecular formula is C9H11BrOS2. The molecule has 1 atom stereocenters. The van der Waals surface area contributed by atoms with Crippen LogP contribution in [-0.2, 0) is 6.42 Å². The molecule has 13 heavy (non-hydrogen) atoms. The highest BCUT2D eigenvalue weighted by atomic mass is 79.9. The SMILES string of the molecule is OC1(Cc2ccc(Br)s2)CCSC1. The molecule has 1 aliphatic rings. The molecule has 1 aromatic heterocycles. The van der Waals surface area contributed by atoms with Gasteiger partial charge in [0.05, 0.1) is 9.39 Å². The van der Waals surface area contributed by atoms with Crippen LogP contribution in [0.4, 0.5) is 0 Å². The maximum Gasteiger partial charge on any atom is 0.0793 e. The van der Waals surface area contributed by atoms with Gasteiger partial charge in [0, 0.05) is 17.1 Å². The number of hydrogen-bond acceptors (Lipinski definition) is 3. The fraction of sp³-hybridized carbons (Fsp3) is 0.556. The molecule has 1 aliphatic heterocycles. The molecular weight excluding hydrogens is 268 g/mol. The summed E-state index contributed by atoms with van der Waals surface area (Å²) in [4.78, 5) is 1.27. The van der Waals surface area contributed by atoms with E-state index in [1.54, 1.807) is 11.3 Å². The summed E-state index contributed by atoms with van der Waals surface area (Å²) in [5, 5.41) is 10.1. The quantitative estimate of drug-likeness (QED) is 0.898. The van der Waals surface area contributed by atoms with Gasteiger partial charge in [-0.2, -0.15) is 11.8 Å². The number of thioether (sulfide) groups is 1. The van der Waals surface area contributed by atoms with Crippen molar-refractivity contribution in [3.63, 3.8) is 0 Å². The summed E-state index contributed by atoms with van der Waals surface area (Å²) in [7, 11) is 0. The van der Waals surface area contributed by atoms with Crippen LogP contribution in [0.3, 0.4) is 0 Å². The Labute approximate surface area is 94.7 Å². The second-order valence-corrected chi connectivity index (χ2v) is 7.06. The van der Waals surface area contributed by atoms with Gasteiger partial charge < -0.3 is 5.11 Å². The van der Waals surface area contributed by atoms with Crippen LogP contribution in [0.2, 0.25) is 0 Å². The molecule has 1 N–H and O–H groups in total. The van der Waals surface area contributed by atoms with Crippen LogP contribution in [0.25, 0.3) is 0 Å². The standard InChI is InChI=1S/C9H11BrOS2/c10-8-2-1-7(13-8)5-9(11)3-4-12-6-9/h1-2,11H,3-6H2. The first-order chi connectivity index (χ1) is 6.18. The van der Waals surface area contributed by atoms with Gasteiger partial charge in [0.2, 0.25) is 0 Å². The number of thiophene rings is 1. The minimum Gasteiger partial charge on any atom is -0.389 e. The molecule has 0 aromatic carbocycles. The van der Waals surface area contributed by atoms with E-state index in [1.165, 1.54) is 4.88 Å². The zero-order valence-corrected chi connectivity index (χ0v) is 10.3. The monoisotopic (exact) mass is 278 g/mol. The number of halogens is 1. The van der Waals surface area contributed by atoms with Crippen LogP contribution in [0.5, 0.6) is 0 Å². The van der Waals surface area contributed by atoms with E-state index >= 15 is 0 Å². The van der Waals surface area contributed by atoms with Crippen molar-refractivity contribution in [2.45, 2.75) is 18.4 Å². The van der Waals surface area contributed by atoms with Gasteiger partial charge in [0.15, 0.2) is 0 Å². The average Bonchev–Trinajstić information content (AvgIpc) is 2.62. The van der Waals surface area contributed by atoms with E-state index in [9.17, 15) is 5.11 Å². The third kappa shape index (κ3) is 2.49. The molecule has 1 aromatic rings. The van der Waals surface area contributed by atoms with Crippen molar-refractivity contribution >= 4 is 39.0 Å². The molecule has 0 radical (unpaired) electrons. The first-order valence-corrected chi connectivity index (χ1v) is 6.99. The molecule has 1 nitrogen and oxygen atoms in total. The fourth-order valence-corrected chi connectivity index (χ4v) is 4.42. The van der Waals surface area contributed by atoms with Gasteiger partial charge in [-0.15, -0.1) is 11.3 Å². The predicted molar refractivity (Wildman–Crippen MR) is 62.6 cm³/mol. The van der Waals surface area contributed by atoms with Gasteiger partial charge in [-0.05, 0) is 40.2 Å². The van der Waals surface area contributed by atoms with Crippen molar-refractivity contribution in [2.75, 3.05) is 11.5 Å². The number of hydrogen-bond donors (Lipinski definition) is 1. The lowest BCUT2D eigenvalue weighted by Gasteiger charge is -2.19. The van der Waals surface area contributed by atoms with E-state index in [2.05, 4.69) is 22.0 Å². The zero-order valence-electron chi connectivity index (χ0n) is 7.12. The van der Waals surface area contributed by atoms with Crippen molar-refractivity contribution in [3.05, 3.63) is 20.8 Å². The lowest BCUT2D eigenvalue weighted by atomic mass is 9.98. The lowest BCUT2D eigenvalue weighted by Crippen LogP contribution is -2.30. The molecule has 2 rings (SSSR count). The first kappa shape index (κ1) is 10.0. The molecule has 1 fully saturated rings. The Balaban J connectivity index is 2.04. The van der Waals surface area contributed by atoms with Crippen LogP contribution >= 0.6 is 39.0 Å². The van der Waals surface area contributed by atoms with E-state index in [4.69, 9.17) is 0 Å². The minimum atomic E-state index is -0.436. The van der Waals surface area contributed by atoms with E-state index in [-0.39, 0.29) is 0 Å². The first-order valence-electron chi connectivity index (χ1n) is 4.22. The molecule has 0 bridgehead atoms. The van der Waals surface area contributed by atoms with Gasteiger partial charge in [0.1, 0.15) is 0 Å². The third-order valence-electron chi connectivity index (χ3n) is 2.21. The molecule has 72 valence electrons. The van der Waals surface area contributed by atoms with E-state index in [0.29, 0.717) is 0 Å². The van der Waals surface area contributed by atoms with Gasteiger partial charge in [0.25, 0.3) is 0 Å². The van der Waals surface area contributed by atoms with Crippen LogP contribution < -0.4 is 0 Å². The Bertz CT molecular complexity index is 292. The lowest BCUT2D eigenvalue weighted by molar-refractivity contribution is 0.0695. The number of aliphatic hydroxyl groups is 1. The predicted octanol–water partition coefficient (Wildman–Crippen LogP) is 2.92. The van der Waals surface area contributed by atoms with E-state index in [0.717, 1.165) is 28.1 Å². The van der Waals surface area contributed by atoms with Gasteiger partial charge >= 0.3 is 0 Å². The second kappa shape index (κ2) is 3.93. The minimum absolute atomic E-state index is 0.436. The summed E-state index contributed by atoms with van der Waals surface area (Å²) in [6, 6.07) is 4.14. The Morgan fingerprint density at radius 2 is 2.38 bits per heavy atom. The summed E-state index contributed by atoms with van der Waals surface area (Å²) in [6.07, 6.45) is 1.75. The van der Waals surface area contributed by atoms with Crippen LogP contribution in [0.1, 0.15) is 11.3 Å². The summed E-state index contributed by atoms with van der Waals surface area (Å²) in [6.45, 7) is 0. The van der Waals surface area contributed by atoms with Crippen LogP contribution in [0, 0.1) is 0 Å². The normalized spacial score (nSPS) is 28.2. The Morgan fingerprint density at radius 3 is 2.92 bits per heavy atom. The van der Waals surface area contributed by atoms with Crippen molar-refractivity contribution in [1.82, 2.24) is 0 Å². The molecule has 0 saturated carbocycles. The largest absolute Gasteiger partial charge is 0.389 e. The van der Waals surface area contributed by atoms with Crippen molar-refractivity contribution in [1.29, 1.82) is 0 Å². The molecule has 0 amide bonds. The van der Waals surface area contributed by atoms with Crippen molar-refractivity contribution in [3.8, 4) is 0 Å². The summed E-state index contributed by atoms with van der Waals surface area (Å²) in [5.41, 5.74) is -0.436. The van der Waals surface area contributed by atoms with Crippen molar-refractivity contribution < 1.29 is 5.11 Å². The van der Waals surface area contributed by atoms with Gasteiger partial charge in [-0.1, -0.05) is 0 Å². The molecule has 0 aliphatic carbocycles. The highest BCUT2D eigenvalue weighted by Gasteiger charge is 2.32. The fourth-order valence-electron chi connectivity index (χ4n) is 1.51. The maximum atomic E-state index is 10.1. The van der Waals surface area contributed by atoms with Gasteiger partial charge in [-0.3, -0.25) is 0 Å². The summed E-state index contributed by atoms with van der Waals surface area (Å²) < 4.78 is 1.15. The summed E-state index contributed by atoms with van der Waals surface area (Å²) in [5.74, 6) is 1.99. The van der Waals surface area contributed by atoms with Crippen LogP contribution in [-0.4, -0.2) is 22.2 Å². The molecule has 1 saturated heterocycles. The number of rotatable bonds is 2. The maximum absolute atomic E-state index is 10.1. The molecule has 0 spiro atoms. The second-order valence-electron chi connectivity index (χ2n) is 3.41. The highest BCUT2D eigenvalue weighted by Crippen LogP contribution is 2.33. The van der Waals surface area contributed by atoms with Gasteiger partial charge in [-0.25, -0.2) is 0 Å². The Hall–Kier alpha value is 0.490. The molecule has 1 unspecified atom stereocenters. The van der Waals surface area contributed by atoms with Crippen LogP contribution in [0.15, 0.2) is 15.9 Å².